The third kappa shape index (κ3) is 11.8. The van der Waals surface area contributed by atoms with Gasteiger partial charge in [0.1, 0.15) is 5.60 Å². The van der Waals surface area contributed by atoms with Gasteiger partial charge in [-0.25, -0.2) is 4.79 Å². The Morgan fingerprint density at radius 1 is 1.15 bits per heavy atom. The zero-order valence-corrected chi connectivity index (χ0v) is 19.3. The van der Waals surface area contributed by atoms with Crippen molar-refractivity contribution in [3.8, 4) is 0 Å². The van der Waals surface area contributed by atoms with E-state index in [4.69, 9.17) is 10.5 Å². The monoisotopic (exact) mass is 483 g/mol. The normalized spacial score (nSPS) is 16.2. The number of nitrogens with two attached hydrogens (primary N) is 1. The van der Waals surface area contributed by atoms with Crippen LogP contribution in [0.5, 0.6) is 0 Å². The first-order valence-corrected chi connectivity index (χ1v) is 9.56. The molecule has 0 bridgehead atoms. The Morgan fingerprint density at radius 2 is 1.81 bits per heavy atom. The molecular weight excluding hydrogens is 445 g/mol. The van der Waals surface area contributed by atoms with Crippen LogP contribution >= 0.6 is 24.0 Å². The second-order valence-electron chi connectivity index (χ2n) is 7.56. The molecule has 1 fully saturated rings. The molecule has 0 spiro atoms. The minimum atomic E-state index is -0.439. The van der Waals surface area contributed by atoms with Crippen LogP contribution in [0.2, 0.25) is 0 Å². The molecule has 1 amide bonds. The highest BCUT2D eigenvalue weighted by molar-refractivity contribution is 14.0. The fraction of sp³-hybridized carbons (Fsp3) is 0.889. The van der Waals surface area contributed by atoms with Gasteiger partial charge >= 0.3 is 6.09 Å². The van der Waals surface area contributed by atoms with Crippen LogP contribution in [0.3, 0.4) is 0 Å². The molecule has 0 aromatic rings. The van der Waals surface area contributed by atoms with Gasteiger partial charge in [0.15, 0.2) is 5.96 Å². The van der Waals surface area contributed by atoms with Crippen molar-refractivity contribution >= 4 is 36.0 Å². The maximum atomic E-state index is 12.0. The first-order valence-electron chi connectivity index (χ1n) is 9.56. The maximum absolute atomic E-state index is 12.0. The number of rotatable bonds is 8. The fourth-order valence-electron chi connectivity index (χ4n) is 2.62. The van der Waals surface area contributed by atoms with E-state index < -0.39 is 5.60 Å². The minimum absolute atomic E-state index is 0. The number of carbonyl (C=O) groups excluding carboxylic acids is 1. The van der Waals surface area contributed by atoms with Crippen molar-refractivity contribution in [3.05, 3.63) is 0 Å². The number of halogens is 1. The lowest BCUT2D eigenvalue weighted by Gasteiger charge is -2.35. The second kappa shape index (κ2) is 13.4. The number of ether oxygens (including phenoxy) is 1. The summed E-state index contributed by atoms with van der Waals surface area (Å²) < 4.78 is 5.41. The van der Waals surface area contributed by atoms with Gasteiger partial charge in [-0.05, 0) is 27.2 Å². The Balaban J connectivity index is 0.00000625. The molecule has 26 heavy (non-hydrogen) atoms. The summed E-state index contributed by atoms with van der Waals surface area (Å²) in [6.45, 7) is 13.5. The fourth-order valence-corrected chi connectivity index (χ4v) is 2.62. The van der Waals surface area contributed by atoms with Crippen molar-refractivity contribution in [2.24, 2.45) is 10.7 Å². The number of unbranched alkanes of at least 4 members (excludes halogenated alkanes) is 3. The molecule has 1 saturated heterocycles. The summed E-state index contributed by atoms with van der Waals surface area (Å²) in [6.07, 6.45) is 4.60. The van der Waals surface area contributed by atoms with Gasteiger partial charge in [0.25, 0.3) is 0 Å². The molecule has 154 valence electrons. The minimum Gasteiger partial charge on any atom is -0.444 e. The Hall–Kier alpha value is -0.770. The van der Waals surface area contributed by atoms with E-state index in [9.17, 15) is 4.79 Å². The highest BCUT2D eigenvalue weighted by Gasteiger charge is 2.25. The van der Waals surface area contributed by atoms with Crippen LogP contribution in [-0.2, 0) is 4.74 Å². The number of amides is 1. The van der Waals surface area contributed by atoms with E-state index in [1.807, 2.05) is 20.8 Å². The number of aliphatic imine (C=N–C) groups is 1. The summed E-state index contributed by atoms with van der Waals surface area (Å²) in [7, 11) is 0. The molecular formula is C18H38IN5O2. The molecule has 0 aromatic heterocycles. The zero-order valence-electron chi connectivity index (χ0n) is 16.9. The van der Waals surface area contributed by atoms with Crippen LogP contribution < -0.4 is 11.1 Å². The standard InChI is InChI=1S/C18H37N5O2.HI/c1-5-6-7-8-9-20-16(19)21-10-11-22-12-14-23(15-13-22)17(24)25-18(2,3)4;/h5-15H2,1-4H3,(H3,19,20,21);1H. The summed E-state index contributed by atoms with van der Waals surface area (Å²) >= 11 is 0. The summed E-state index contributed by atoms with van der Waals surface area (Å²) in [5.74, 6) is 0.531. The maximum Gasteiger partial charge on any atom is 0.410 e. The van der Waals surface area contributed by atoms with Gasteiger partial charge in [-0.1, -0.05) is 26.2 Å². The van der Waals surface area contributed by atoms with Gasteiger partial charge < -0.3 is 20.7 Å². The third-order valence-electron chi connectivity index (χ3n) is 4.05. The molecule has 1 aliphatic rings. The average Bonchev–Trinajstić information content (AvgIpc) is 2.53. The van der Waals surface area contributed by atoms with Gasteiger partial charge in [0.05, 0.1) is 0 Å². The van der Waals surface area contributed by atoms with E-state index in [2.05, 4.69) is 22.1 Å². The first kappa shape index (κ1) is 25.2. The lowest BCUT2D eigenvalue weighted by Crippen LogP contribution is -2.51. The molecule has 0 aliphatic carbocycles. The molecule has 1 heterocycles. The van der Waals surface area contributed by atoms with E-state index in [1.54, 1.807) is 4.90 Å². The van der Waals surface area contributed by atoms with Gasteiger partial charge in [-0.2, -0.15) is 0 Å². The van der Waals surface area contributed by atoms with Crippen molar-refractivity contribution in [2.75, 3.05) is 45.8 Å². The van der Waals surface area contributed by atoms with Crippen LogP contribution in [0.4, 0.5) is 4.79 Å². The number of nitrogens with one attached hydrogen (secondary N) is 1. The molecule has 0 unspecified atom stereocenters. The van der Waals surface area contributed by atoms with Crippen LogP contribution in [0, 0.1) is 0 Å². The molecule has 1 aliphatic heterocycles. The SMILES string of the molecule is CCCCCCN=C(N)NCCN1CCN(C(=O)OC(C)(C)C)CC1.I. The highest BCUT2D eigenvalue weighted by Crippen LogP contribution is 2.11. The zero-order chi connectivity index (χ0) is 18.7. The molecule has 0 atom stereocenters. The summed E-state index contributed by atoms with van der Waals surface area (Å²) in [5.41, 5.74) is 5.44. The van der Waals surface area contributed by atoms with Crippen LogP contribution in [0.15, 0.2) is 4.99 Å². The molecule has 7 nitrogen and oxygen atoms in total. The number of guanidine groups is 1. The lowest BCUT2D eigenvalue weighted by atomic mass is 10.2. The van der Waals surface area contributed by atoms with Crippen LogP contribution in [0.25, 0.3) is 0 Å². The highest BCUT2D eigenvalue weighted by atomic mass is 127. The second-order valence-corrected chi connectivity index (χ2v) is 7.56. The van der Waals surface area contributed by atoms with E-state index in [-0.39, 0.29) is 30.1 Å². The Labute approximate surface area is 176 Å². The van der Waals surface area contributed by atoms with Gasteiger partial charge in [-0.3, -0.25) is 9.89 Å². The molecule has 8 heteroatoms. The van der Waals surface area contributed by atoms with Crippen molar-refractivity contribution in [3.63, 3.8) is 0 Å². The van der Waals surface area contributed by atoms with E-state index in [1.165, 1.54) is 19.3 Å². The summed E-state index contributed by atoms with van der Waals surface area (Å²) in [5, 5.41) is 3.17. The predicted molar refractivity (Wildman–Crippen MR) is 118 cm³/mol. The quantitative estimate of drug-likeness (QED) is 0.240. The Kier molecular flexibility index (Phi) is 13.0. The third-order valence-corrected chi connectivity index (χ3v) is 4.05. The number of carbonyl (C=O) groups is 1. The number of hydrogen-bond acceptors (Lipinski definition) is 4. The molecule has 3 N–H and O–H groups in total. The van der Waals surface area contributed by atoms with Gasteiger partial charge in [0, 0.05) is 45.8 Å². The van der Waals surface area contributed by atoms with E-state index in [0.717, 1.165) is 39.1 Å². The molecule has 1 rings (SSSR count). The van der Waals surface area contributed by atoms with Gasteiger partial charge in [-0.15, -0.1) is 24.0 Å². The largest absolute Gasteiger partial charge is 0.444 e. The van der Waals surface area contributed by atoms with Crippen molar-refractivity contribution in [2.45, 2.75) is 59.0 Å². The smallest absolute Gasteiger partial charge is 0.410 e. The molecule has 0 saturated carbocycles. The topological polar surface area (TPSA) is 83.2 Å². The number of nitrogens with zero attached hydrogens (tertiary/aromatic N) is 3. The first-order chi connectivity index (χ1) is 11.8. The summed E-state index contributed by atoms with van der Waals surface area (Å²) in [4.78, 5) is 20.5. The van der Waals surface area contributed by atoms with Crippen molar-refractivity contribution in [1.82, 2.24) is 15.1 Å². The van der Waals surface area contributed by atoms with Gasteiger partial charge in [0.2, 0.25) is 0 Å². The van der Waals surface area contributed by atoms with E-state index in [0.29, 0.717) is 19.0 Å². The molecule has 0 aromatic carbocycles. The van der Waals surface area contributed by atoms with Crippen LogP contribution in [-0.4, -0.2) is 73.3 Å². The van der Waals surface area contributed by atoms with E-state index >= 15 is 0 Å². The van der Waals surface area contributed by atoms with Crippen LogP contribution in [0.1, 0.15) is 53.4 Å². The summed E-state index contributed by atoms with van der Waals surface area (Å²) in [6, 6.07) is 0. The predicted octanol–water partition coefficient (Wildman–Crippen LogP) is 2.64. The Morgan fingerprint density at radius 3 is 2.38 bits per heavy atom. The van der Waals surface area contributed by atoms with Crippen molar-refractivity contribution in [1.29, 1.82) is 0 Å². The van der Waals surface area contributed by atoms with Crippen molar-refractivity contribution < 1.29 is 9.53 Å². The Bertz CT molecular complexity index is 418. The lowest BCUT2D eigenvalue weighted by molar-refractivity contribution is 0.0147. The number of hydrogen-bond donors (Lipinski definition) is 2. The molecule has 0 radical (unpaired) electrons. The number of piperazine rings is 1. The average molecular weight is 483 g/mol.